The molecule has 6 heteroatoms. The third-order valence-electron chi connectivity index (χ3n) is 3.39. The Morgan fingerprint density at radius 1 is 1.40 bits per heavy atom. The molecule has 0 aliphatic rings. The lowest BCUT2D eigenvalue weighted by Gasteiger charge is -2.33. The summed E-state index contributed by atoms with van der Waals surface area (Å²) in [6.45, 7) is 4.37. The summed E-state index contributed by atoms with van der Waals surface area (Å²) >= 11 is 0. The summed E-state index contributed by atoms with van der Waals surface area (Å²) in [4.78, 5) is 1.90. The van der Waals surface area contributed by atoms with Crippen molar-refractivity contribution in [1.82, 2.24) is 0 Å². The Bertz CT molecular complexity index is 462. The number of nitrogens with zero attached hydrogens (tertiary/aromatic N) is 2. The predicted molar refractivity (Wildman–Crippen MR) is 77.7 cm³/mol. The van der Waals surface area contributed by atoms with Gasteiger partial charge in [0, 0.05) is 12.6 Å². The number of aliphatic hydroxyl groups excluding tert-OH is 1. The van der Waals surface area contributed by atoms with Crippen LogP contribution in [-0.2, 0) is 0 Å². The zero-order valence-corrected chi connectivity index (χ0v) is 11.9. The second-order valence-corrected chi connectivity index (χ2v) is 4.51. The van der Waals surface area contributed by atoms with Gasteiger partial charge in [-0.2, -0.15) is 0 Å². The maximum Gasteiger partial charge on any atom is 0.175 e. The Hall–Kier alpha value is -1.82. The highest BCUT2D eigenvalue weighted by Crippen LogP contribution is 2.26. The highest BCUT2D eigenvalue weighted by atomic mass is 19.1. The summed E-state index contributed by atoms with van der Waals surface area (Å²) in [6, 6.07) is 4.70. The van der Waals surface area contributed by atoms with Gasteiger partial charge in [0.2, 0.25) is 0 Å². The number of hydrogen-bond donors (Lipinski definition) is 3. The van der Waals surface area contributed by atoms with Crippen molar-refractivity contribution in [3.63, 3.8) is 0 Å². The predicted octanol–water partition coefficient (Wildman–Crippen LogP) is 1.91. The average molecular weight is 283 g/mol. The number of rotatable bonds is 7. The van der Waals surface area contributed by atoms with Gasteiger partial charge in [0.1, 0.15) is 5.82 Å². The van der Waals surface area contributed by atoms with Gasteiger partial charge in [0.25, 0.3) is 0 Å². The minimum Gasteiger partial charge on any atom is -0.409 e. The molecule has 0 atom stereocenters. The molecule has 0 spiro atoms. The highest BCUT2D eigenvalue weighted by Gasteiger charge is 2.22. The number of amidine groups is 1. The van der Waals surface area contributed by atoms with Gasteiger partial charge in [0.15, 0.2) is 5.84 Å². The normalized spacial score (nSPS) is 11.9. The minimum absolute atomic E-state index is 0.0530. The van der Waals surface area contributed by atoms with Gasteiger partial charge < -0.3 is 20.9 Å². The number of benzene rings is 1. The second-order valence-electron chi connectivity index (χ2n) is 4.51. The molecule has 0 bridgehead atoms. The Kier molecular flexibility index (Phi) is 6.24. The van der Waals surface area contributed by atoms with Gasteiger partial charge >= 0.3 is 0 Å². The Balaban J connectivity index is 3.36. The quantitative estimate of drug-likeness (QED) is 0.309. The summed E-state index contributed by atoms with van der Waals surface area (Å²) in [7, 11) is 0. The van der Waals surface area contributed by atoms with Crippen molar-refractivity contribution < 1.29 is 14.7 Å². The molecule has 0 aliphatic carbocycles. The average Bonchev–Trinajstić information content (AvgIpc) is 2.46. The number of anilines is 1. The van der Waals surface area contributed by atoms with Crippen molar-refractivity contribution in [2.45, 2.75) is 32.7 Å². The summed E-state index contributed by atoms with van der Waals surface area (Å²) in [5.74, 6) is -0.821. The minimum atomic E-state index is -0.549. The van der Waals surface area contributed by atoms with Gasteiger partial charge in [-0.3, -0.25) is 0 Å². The van der Waals surface area contributed by atoms with E-state index in [1.165, 1.54) is 6.07 Å². The Morgan fingerprint density at radius 3 is 2.55 bits per heavy atom. The molecule has 0 aliphatic heterocycles. The van der Waals surface area contributed by atoms with E-state index in [2.05, 4.69) is 5.16 Å². The molecule has 0 amide bonds. The molecule has 0 fully saturated rings. The van der Waals surface area contributed by atoms with Crippen LogP contribution in [0.2, 0.25) is 0 Å². The number of nitrogens with two attached hydrogens (primary N) is 1. The topological polar surface area (TPSA) is 82.1 Å². The fourth-order valence-electron chi connectivity index (χ4n) is 2.39. The first-order chi connectivity index (χ1) is 9.60. The first-order valence-electron chi connectivity index (χ1n) is 6.74. The lowest BCUT2D eigenvalue weighted by Crippen LogP contribution is -2.38. The van der Waals surface area contributed by atoms with E-state index in [9.17, 15) is 9.50 Å². The summed E-state index contributed by atoms with van der Waals surface area (Å²) in [5.41, 5.74) is 6.18. The van der Waals surface area contributed by atoms with Gasteiger partial charge in [-0.25, -0.2) is 4.39 Å². The molecule has 0 heterocycles. The SMILES string of the molecule is CCC(CC)N(CCO)c1cccc(F)c1C(N)=NO. The van der Waals surface area contributed by atoms with Crippen molar-refractivity contribution >= 4 is 11.5 Å². The third-order valence-corrected chi connectivity index (χ3v) is 3.39. The van der Waals surface area contributed by atoms with Gasteiger partial charge in [-0.1, -0.05) is 25.1 Å². The monoisotopic (exact) mass is 283 g/mol. The molecule has 0 radical (unpaired) electrons. The fourth-order valence-corrected chi connectivity index (χ4v) is 2.39. The third kappa shape index (κ3) is 3.39. The summed E-state index contributed by atoms with van der Waals surface area (Å²) < 4.78 is 14.0. The molecule has 1 rings (SSSR count). The van der Waals surface area contributed by atoms with Gasteiger partial charge in [-0.05, 0) is 25.0 Å². The van der Waals surface area contributed by atoms with Gasteiger partial charge in [0.05, 0.1) is 17.9 Å². The van der Waals surface area contributed by atoms with E-state index >= 15 is 0 Å². The lowest BCUT2D eigenvalue weighted by molar-refractivity contribution is 0.296. The molecule has 1 aromatic rings. The van der Waals surface area contributed by atoms with Crippen LogP contribution in [0, 0.1) is 5.82 Å². The molecule has 0 saturated carbocycles. The fraction of sp³-hybridized carbons (Fsp3) is 0.500. The summed E-state index contributed by atoms with van der Waals surface area (Å²) in [5, 5.41) is 21.0. The van der Waals surface area contributed by atoms with E-state index in [4.69, 9.17) is 10.9 Å². The van der Waals surface area contributed by atoms with Crippen molar-refractivity contribution in [3.05, 3.63) is 29.6 Å². The summed E-state index contributed by atoms with van der Waals surface area (Å²) in [6.07, 6.45) is 1.70. The molecule has 1 aromatic carbocycles. The number of oxime groups is 1. The van der Waals surface area contributed by atoms with Crippen LogP contribution in [-0.4, -0.2) is 35.3 Å². The van der Waals surface area contributed by atoms with E-state index in [-0.39, 0.29) is 24.0 Å². The van der Waals surface area contributed by atoms with Crippen molar-refractivity contribution in [3.8, 4) is 0 Å². The number of aliphatic hydroxyl groups is 1. The Morgan fingerprint density at radius 2 is 2.05 bits per heavy atom. The molecule has 5 nitrogen and oxygen atoms in total. The van der Waals surface area contributed by atoms with Crippen molar-refractivity contribution in [1.29, 1.82) is 0 Å². The highest BCUT2D eigenvalue weighted by molar-refractivity contribution is 6.02. The zero-order chi connectivity index (χ0) is 15.1. The molecule has 112 valence electrons. The van der Waals surface area contributed by atoms with E-state index in [1.54, 1.807) is 12.1 Å². The van der Waals surface area contributed by atoms with Crippen LogP contribution in [0.15, 0.2) is 23.4 Å². The van der Waals surface area contributed by atoms with E-state index in [0.717, 1.165) is 12.8 Å². The smallest absolute Gasteiger partial charge is 0.175 e. The molecule has 4 N–H and O–H groups in total. The maximum absolute atomic E-state index is 14.0. The van der Waals surface area contributed by atoms with Crippen LogP contribution in [0.3, 0.4) is 0 Å². The van der Waals surface area contributed by atoms with Crippen molar-refractivity contribution in [2.24, 2.45) is 10.9 Å². The molecular weight excluding hydrogens is 261 g/mol. The first kappa shape index (κ1) is 16.2. The molecule has 20 heavy (non-hydrogen) atoms. The van der Waals surface area contributed by atoms with Crippen LogP contribution < -0.4 is 10.6 Å². The van der Waals surface area contributed by atoms with Crippen molar-refractivity contribution in [2.75, 3.05) is 18.1 Å². The maximum atomic E-state index is 14.0. The molecular formula is C14H22FN3O2. The van der Waals surface area contributed by atoms with Crippen LogP contribution in [0.25, 0.3) is 0 Å². The largest absolute Gasteiger partial charge is 0.409 e. The number of hydrogen-bond acceptors (Lipinski definition) is 4. The molecule has 0 aromatic heterocycles. The number of halogens is 1. The van der Waals surface area contributed by atoms with Crippen LogP contribution in [0.1, 0.15) is 32.3 Å². The lowest BCUT2D eigenvalue weighted by atomic mass is 10.0. The Labute approximate surface area is 118 Å². The van der Waals surface area contributed by atoms with Crippen LogP contribution in [0.4, 0.5) is 10.1 Å². The van der Waals surface area contributed by atoms with Crippen LogP contribution in [0.5, 0.6) is 0 Å². The zero-order valence-electron chi connectivity index (χ0n) is 11.9. The van der Waals surface area contributed by atoms with E-state index < -0.39 is 5.82 Å². The van der Waals surface area contributed by atoms with Gasteiger partial charge in [-0.15, -0.1) is 0 Å². The standard InChI is InChI=1S/C14H22FN3O2/c1-3-10(4-2)18(8-9-19)12-7-5-6-11(15)13(12)14(16)17-20/h5-7,10,19-20H,3-4,8-9H2,1-2H3,(H2,16,17). The van der Waals surface area contributed by atoms with E-state index in [0.29, 0.717) is 12.2 Å². The molecule has 0 saturated heterocycles. The second kappa shape index (κ2) is 7.69. The van der Waals surface area contributed by atoms with Crippen LogP contribution >= 0.6 is 0 Å². The van der Waals surface area contributed by atoms with E-state index in [1.807, 2.05) is 18.7 Å². The molecule has 0 unspecified atom stereocenters. The first-order valence-corrected chi connectivity index (χ1v) is 6.74.